The number of nitrogens with zero attached hydrogens (tertiary/aromatic N) is 3. The summed E-state index contributed by atoms with van der Waals surface area (Å²) in [5.74, 6) is 0. The lowest BCUT2D eigenvalue weighted by molar-refractivity contribution is 0.0225. The maximum Gasteiger partial charge on any atom is 0.410 e. The molecular weight excluding hydrogens is 530 g/mol. The minimum absolute atomic E-state index is 0.265. The zero-order chi connectivity index (χ0) is 26.4. The lowest BCUT2D eigenvalue weighted by Gasteiger charge is -2.33. The summed E-state index contributed by atoms with van der Waals surface area (Å²) in [6.45, 7) is 9.94. The van der Waals surface area contributed by atoms with E-state index in [1.807, 2.05) is 39.0 Å². The second kappa shape index (κ2) is 10.2. The molecule has 1 fully saturated rings. The van der Waals surface area contributed by atoms with Crippen molar-refractivity contribution in [3.05, 3.63) is 62.8 Å². The molecule has 1 amide bonds. The summed E-state index contributed by atoms with van der Waals surface area (Å²) in [6.07, 6.45) is 0.571. The van der Waals surface area contributed by atoms with Gasteiger partial charge in [-0.25, -0.2) is 13.2 Å². The summed E-state index contributed by atoms with van der Waals surface area (Å²) in [5, 5.41) is 2.41. The standard InChI is InChI=1S/C27H32ClN3O4S2/c1-27(2,3)35-26(32)30-9-8-25-21(17-30)15-23(36-25)18-29-10-12-31(13-11-29)37(33,34)24-7-5-19-14-22(28)6-4-20(19)16-24/h4-7,14-16H,8-13,17-18H2,1-3H3. The lowest BCUT2D eigenvalue weighted by Crippen LogP contribution is -2.48. The molecular formula is C27H32ClN3O4S2. The van der Waals surface area contributed by atoms with Crippen LogP contribution in [0.25, 0.3) is 10.8 Å². The maximum absolute atomic E-state index is 13.3. The molecule has 0 spiro atoms. The number of rotatable bonds is 4. The first-order valence-corrected chi connectivity index (χ1v) is 15.1. The molecule has 5 rings (SSSR count). The molecule has 2 aliphatic heterocycles. The Labute approximate surface area is 227 Å². The van der Waals surface area contributed by atoms with Gasteiger partial charge in [0, 0.05) is 54.0 Å². The molecule has 3 heterocycles. The Morgan fingerprint density at radius 3 is 2.43 bits per heavy atom. The highest BCUT2D eigenvalue weighted by molar-refractivity contribution is 7.89. The number of ether oxygens (including phenoxy) is 1. The summed E-state index contributed by atoms with van der Waals surface area (Å²) in [7, 11) is -3.56. The molecule has 7 nitrogen and oxygen atoms in total. The van der Waals surface area contributed by atoms with Crippen LogP contribution >= 0.6 is 22.9 Å². The van der Waals surface area contributed by atoms with E-state index in [4.69, 9.17) is 16.3 Å². The molecule has 0 atom stereocenters. The fourth-order valence-electron chi connectivity index (χ4n) is 4.81. The van der Waals surface area contributed by atoms with Gasteiger partial charge < -0.3 is 9.64 Å². The van der Waals surface area contributed by atoms with Gasteiger partial charge in [-0.2, -0.15) is 4.31 Å². The number of hydrogen-bond acceptors (Lipinski definition) is 6. The van der Waals surface area contributed by atoms with E-state index in [1.165, 1.54) is 15.3 Å². The largest absolute Gasteiger partial charge is 0.444 e. The second-order valence-corrected chi connectivity index (χ2v) is 14.2. The van der Waals surface area contributed by atoms with E-state index in [-0.39, 0.29) is 6.09 Å². The molecule has 2 aromatic carbocycles. The van der Waals surface area contributed by atoms with Gasteiger partial charge >= 0.3 is 6.09 Å². The van der Waals surface area contributed by atoms with Gasteiger partial charge in [0.15, 0.2) is 0 Å². The molecule has 0 N–H and O–H groups in total. The van der Waals surface area contributed by atoms with Gasteiger partial charge in [0.05, 0.1) is 11.4 Å². The highest BCUT2D eigenvalue weighted by atomic mass is 35.5. The fourth-order valence-corrected chi connectivity index (χ4v) is 7.66. The summed E-state index contributed by atoms with van der Waals surface area (Å²) in [4.78, 5) is 19.4. The van der Waals surface area contributed by atoms with E-state index in [0.29, 0.717) is 49.2 Å². The number of sulfonamides is 1. The third-order valence-electron chi connectivity index (χ3n) is 6.69. The molecule has 0 saturated carbocycles. The molecule has 0 aliphatic carbocycles. The van der Waals surface area contributed by atoms with Gasteiger partial charge in [0.25, 0.3) is 0 Å². The third kappa shape index (κ3) is 5.96. The maximum atomic E-state index is 13.3. The number of carbonyl (C=O) groups is 1. The number of carbonyl (C=O) groups excluding carboxylic acids is 1. The predicted molar refractivity (Wildman–Crippen MR) is 148 cm³/mol. The zero-order valence-electron chi connectivity index (χ0n) is 21.4. The summed E-state index contributed by atoms with van der Waals surface area (Å²) in [5.41, 5.74) is 0.686. The molecule has 0 radical (unpaired) electrons. The molecule has 0 unspecified atom stereocenters. The second-order valence-electron chi connectivity index (χ2n) is 10.6. The van der Waals surface area contributed by atoms with Gasteiger partial charge in [0.2, 0.25) is 10.0 Å². The van der Waals surface area contributed by atoms with Crippen molar-refractivity contribution in [3.8, 4) is 0 Å². The number of amides is 1. The molecule has 37 heavy (non-hydrogen) atoms. The normalized spacial score (nSPS) is 17.7. The number of benzene rings is 2. The number of halogens is 1. The molecule has 10 heteroatoms. The predicted octanol–water partition coefficient (Wildman–Crippen LogP) is 5.35. The Morgan fingerprint density at radius 1 is 1.00 bits per heavy atom. The Bertz CT molecular complexity index is 1420. The quantitative estimate of drug-likeness (QED) is 0.429. The van der Waals surface area contributed by atoms with Crippen molar-refractivity contribution in [2.45, 2.75) is 50.8 Å². The van der Waals surface area contributed by atoms with Crippen LogP contribution in [0.5, 0.6) is 0 Å². The van der Waals surface area contributed by atoms with Crippen LogP contribution in [-0.2, 0) is 34.3 Å². The van der Waals surface area contributed by atoms with Gasteiger partial charge in [-0.1, -0.05) is 23.7 Å². The zero-order valence-corrected chi connectivity index (χ0v) is 23.8. The summed E-state index contributed by atoms with van der Waals surface area (Å²) < 4.78 is 33.7. The smallest absolute Gasteiger partial charge is 0.410 e. The van der Waals surface area contributed by atoms with Crippen LogP contribution < -0.4 is 0 Å². The van der Waals surface area contributed by atoms with Crippen molar-refractivity contribution < 1.29 is 17.9 Å². The highest BCUT2D eigenvalue weighted by Gasteiger charge is 2.30. The first kappa shape index (κ1) is 26.4. The monoisotopic (exact) mass is 561 g/mol. The SMILES string of the molecule is CC(C)(C)OC(=O)N1CCc2sc(CN3CCN(S(=O)(=O)c4ccc5cc(Cl)ccc5c4)CC3)cc2C1. The average molecular weight is 562 g/mol. The molecule has 1 saturated heterocycles. The van der Waals surface area contributed by atoms with Gasteiger partial charge in [-0.15, -0.1) is 11.3 Å². The van der Waals surface area contributed by atoms with E-state index in [0.717, 1.165) is 23.7 Å². The van der Waals surface area contributed by atoms with Crippen LogP contribution in [0, 0.1) is 0 Å². The van der Waals surface area contributed by atoms with E-state index >= 15 is 0 Å². The Morgan fingerprint density at radius 2 is 1.70 bits per heavy atom. The number of fused-ring (bicyclic) bond motifs is 2. The van der Waals surface area contributed by atoms with Crippen LogP contribution in [0.4, 0.5) is 4.79 Å². The van der Waals surface area contributed by atoms with Crippen molar-refractivity contribution in [1.29, 1.82) is 0 Å². The van der Waals surface area contributed by atoms with Crippen LogP contribution in [0.15, 0.2) is 47.4 Å². The van der Waals surface area contributed by atoms with Crippen molar-refractivity contribution in [2.24, 2.45) is 0 Å². The Balaban J connectivity index is 1.19. The van der Waals surface area contributed by atoms with Crippen LogP contribution in [-0.4, -0.2) is 66.9 Å². The summed E-state index contributed by atoms with van der Waals surface area (Å²) >= 11 is 7.86. The Hall–Kier alpha value is -2.17. The Kier molecular flexibility index (Phi) is 7.28. The van der Waals surface area contributed by atoms with Crippen molar-refractivity contribution in [1.82, 2.24) is 14.1 Å². The fraction of sp³-hybridized carbons (Fsp3) is 0.444. The van der Waals surface area contributed by atoms with Gasteiger partial charge in [0.1, 0.15) is 5.60 Å². The lowest BCUT2D eigenvalue weighted by atomic mass is 10.1. The van der Waals surface area contributed by atoms with Crippen LogP contribution in [0.3, 0.4) is 0 Å². The minimum atomic E-state index is -3.56. The van der Waals surface area contributed by atoms with Crippen molar-refractivity contribution in [2.75, 3.05) is 32.7 Å². The molecule has 3 aromatic rings. The molecule has 1 aromatic heterocycles. The first-order chi connectivity index (χ1) is 17.5. The van der Waals surface area contributed by atoms with Gasteiger partial charge in [-0.05, 0) is 73.9 Å². The average Bonchev–Trinajstić information content (AvgIpc) is 3.24. The number of thiophene rings is 1. The minimum Gasteiger partial charge on any atom is -0.444 e. The third-order valence-corrected chi connectivity index (χ3v) is 10.0. The van der Waals surface area contributed by atoms with E-state index in [9.17, 15) is 13.2 Å². The number of hydrogen-bond donors (Lipinski definition) is 0. The van der Waals surface area contributed by atoms with E-state index in [1.54, 1.807) is 38.7 Å². The van der Waals surface area contributed by atoms with Crippen molar-refractivity contribution in [3.63, 3.8) is 0 Å². The molecule has 198 valence electrons. The van der Waals surface area contributed by atoms with E-state index < -0.39 is 15.6 Å². The van der Waals surface area contributed by atoms with Crippen LogP contribution in [0.1, 0.15) is 36.1 Å². The highest BCUT2D eigenvalue weighted by Crippen LogP contribution is 2.31. The first-order valence-electron chi connectivity index (χ1n) is 12.5. The van der Waals surface area contributed by atoms with Gasteiger partial charge in [-0.3, -0.25) is 4.90 Å². The molecule has 0 bridgehead atoms. The topological polar surface area (TPSA) is 70.2 Å². The summed E-state index contributed by atoms with van der Waals surface area (Å²) in [6, 6.07) is 12.9. The van der Waals surface area contributed by atoms with Crippen molar-refractivity contribution >= 4 is 49.8 Å². The number of piperazine rings is 1. The molecule has 2 aliphatic rings. The van der Waals surface area contributed by atoms with E-state index in [2.05, 4.69) is 11.0 Å². The van der Waals surface area contributed by atoms with Crippen LogP contribution in [0.2, 0.25) is 5.02 Å².